The molecule has 17 heavy (non-hydrogen) atoms. The van der Waals surface area contributed by atoms with Gasteiger partial charge in [-0.15, -0.1) is 0 Å². The van der Waals surface area contributed by atoms with E-state index in [0.717, 1.165) is 35.8 Å². The molecule has 96 valence electrons. The van der Waals surface area contributed by atoms with E-state index in [1.807, 2.05) is 12.1 Å². The van der Waals surface area contributed by atoms with E-state index in [9.17, 15) is 0 Å². The van der Waals surface area contributed by atoms with E-state index in [0.29, 0.717) is 0 Å². The standard InChI is InChI=1S/C13H22N3.ClH/c1-16(2,13-7-8-15-9-13)10-11-3-5-12(14)6-4-11;/h3-6,13,15H,7-10,14H2,1-2H3;1H/q+1;/p-1. The molecule has 1 aliphatic heterocycles. The Balaban J connectivity index is 0.00000144. The number of quaternary nitrogens is 1. The van der Waals surface area contributed by atoms with E-state index in [4.69, 9.17) is 5.73 Å². The Morgan fingerprint density at radius 3 is 2.47 bits per heavy atom. The van der Waals surface area contributed by atoms with E-state index in [-0.39, 0.29) is 12.4 Å². The van der Waals surface area contributed by atoms with Crippen LogP contribution in [0.5, 0.6) is 0 Å². The molecule has 3 nitrogen and oxygen atoms in total. The average molecular weight is 256 g/mol. The lowest BCUT2D eigenvalue weighted by atomic mass is 10.1. The molecule has 0 saturated carbocycles. The number of halogens is 1. The summed E-state index contributed by atoms with van der Waals surface area (Å²) in [6, 6.07) is 8.98. The molecule has 0 amide bonds. The number of nitrogens with two attached hydrogens (primary N) is 1. The molecule has 1 heterocycles. The number of nitrogens with zero attached hydrogens (tertiary/aromatic N) is 1. The van der Waals surface area contributed by atoms with Crippen LogP contribution in [0.2, 0.25) is 0 Å². The highest BCUT2D eigenvalue weighted by Gasteiger charge is 2.30. The smallest absolute Gasteiger partial charge is 0.104 e. The first-order valence-corrected chi connectivity index (χ1v) is 5.96. The van der Waals surface area contributed by atoms with E-state index < -0.39 is 0 Å². The largest absolute Gasteiger partial charge is 1.00 e. The Bertz CT molecular complexity index is 342. The maximum atomic E-state index is 5.70. The summed E-state index contributed by atoms with van der Waals surface area (Å²) in [6.45, 7) is 3.38. The first-order valence-electron chi connectivity index (χ1n) is 5.96. The van der Waals surface area contributed by atoms with E-state index >= 15 is 0 Å². The molecule has 0 bridgehead atoms. The highest BCUT2D eigenvalue weighted by Crippen LogP contribution is 2.19. The number of likely N-dealkylation sites (N-methyl/N-ethyl adjacent to an activating group) is 1. The molecule has 3 N–H and O–H groups in total. The number of anilines is 1. The summed E-state index contributed by atoms with van der Waals surface area (Å²) in [4.78, 5) is 0. The minimum absolute atomic E-state index is 0. The molecular weight excluding hydrogens is 234 g/mol. The summed E-state index contributed by atoms with van der Waals surface area (Å²) in [5.74, 6) is 0. The second-order valence-corrected chi connectivity index (χ2v) is 5.32. The van der Waals surface area contributed by atoms with Crippen LogP contribution in [0, 0.1) is 0 Å². The maximum absolute atomic E-state index is 5.70. The molecule has 0 aliphatic carbocycles. The zero-order valence-electron chi connectivity index (χ0n) is 10.6. The Morgan fingerprint density at radius 1 is 1.29 bits per heavy atom. The van der Waals surface area contributed by atoms with Gasteiger partial charge in [-0.25, -0.2) is 0 Å². The normalized spacial score (nSPS) is 20.0. The van der Waals surface area contributed by atoms with Crippen molar-refractivity contribution in [3.63, 3.8) is 0 Å². The Morgan fingerprint density at radius 2 is 1.94 bits per heavy atom. The molecule has 2 rings (SSSR count). The number of nitrogen functional groups attached to an aromatic ring is 1. The highest BCUT2D eigenvalue weighted by molar-refractivity contribution is 5.39. The van der Waals surface area contributed by atoms with Crippen LogP contribution in [-0.4, -0.2) is 37.7 Å². The Kier molecular flexibility index (Phi) is 4.80. The number of nitrogens with one attached hydrogen (secondary N) is 1. The van der Waals surface area contributed by atoms with Gasteiger partial charge in [0.25, 0.3) is 0 Å². The first kappa shape index (κ1) is 14.3. The van der Waals surface area contributed by atoms with Crippen molar-refractivity contribution >= 4 is 5.69 Å². The summed E-state index contributed by atoms with van der Waals surface area (Å²) in [7, 11) is 4.63. The van der Waals surface area contributed by atoms with Crippen molar-refractivity contribution in [2.24, 2.45) is 0 Å². The van der Waals surface area contributed by atoms with Crippen LogP contribution < -0.4 is 23.5 Å². The molecule has 4 heteroatoms. The number of hydrogen-bond acceptors (Lipinski definition) is 2. The third kappa shape index (κ3) is 3.60. The van der Waals surface area contributed by atoms with Crippen molar-refractivity contribution in [1.82, 2.24) is 5.32 Å². The lowest BCUT2D eigenvalue weighted by Gasteiger charge is -2.35. The third-order valence-electron chi connectivity index (χ3n) is 3.59. The van der Waals surface area contributed by atoms with Crippen molar-refractivity contribution in [1.29, 1.82) is 0 Å². The van der Waals surface area contributed by atoms with Gasteiger partial charge in [0.2, 0.25) is 0 Å². The van der Waals surface area contributed by atoms with Gasteiger partial charge in [-0.1, -0.05) is 12.1 Å². The summed E-state index contributed by atoms with van der Waals surface area (Å²) in [5.41, 5.74) is 7.91. The van der Waals surface area contributed by atoms with E-state index in [1.54, 1.807) is 0 Å². The number of rotatable bonds is 3. The van der Waals surface area contributed by atoms with Crippen LogP contribution in [0.3, 0.4) is 0 Å². The fourth-order valence-electron chi connectivity index (χ4n) is 2.46. The van der Waals surface area contributed by atoms with Crippen molar-refractivity contribution in [2.45, 2.75) is 19.0 Å². The average Bonchev–Trinajstić information content (AvgIpc) is 2.75. The zero-order chi connectivity index (χ0) is 11.6. The van der Waals surface area contributed by atoms with Gasteiger partial charge >= 0.3 is 0 Å². The molecule has 1 aromatic rings. The molecule has 1 aromatic carbocycles. The summed E-state index contributed by atoms with van der Waals surface area (Å²) in [5, 5.41) is 3.44. The van der Waals surface area contributed by atoms with Crippen molar-refractivity contribution in [2.75, 3.05) is 32.9 Å². The minimum atomic E-state index is 0. The third-order valence-corrected chi connectivity index (χ3v) is 3.59. The van der Waals surface area contributed by atoms with E-state index in [2.05, 4.69) is 31.5 Å². The molecule has 0 spiro atoms. The van der Waals surface area contributed by atoms with Crippen LogP contribution in [0.25, 0.3) is 0 Å². The quantitative estimate of drug-likeness (QED) is 0.495. The molecule has 0 aromatic heterocycles. The summed E-state index contributed by atoms with van der Waals surface area (Å²) < 4.78 is 1.05. The van der Waals surface area contributed by atoms with E-state index in [1.165, 1.54) is 12.0 Å². The van der Waals surface area contributed by atoms with Crippen molar-refractivity contribution in [3.8, 4) is 0 Å². The topological polar surface area (TPSA) is 38.0 Å². The van der Waals surface area contributed by atoms with Crippen molar-refractivity contribution in [3.05, 3.63) is 29.8 Å². The van der Waals surface area contributed by atoms with Crippen LogP contribution in [0.1, 0.15) is 12.0 Å². The molecule has 1 fully saturated rings. The molecule has 1 saturated heterocycles. The zero-order valence-corrected chi connectivity index (χ0v) is 11.4. The fourth-order valence-corrected chi connectivity index (χ4v) is 2.46. The fraction of sp³-hybridized carbons (Fsp3) is 0.538. The molecular formula is C13H22ClN3. The second-order valence-electron chi connectivity index (χ2n) is 5.32. The molecule has 1 unspecified atom stereocenters. The maximum Gasteiger partial charge on any atom is 0.104 e. The number of benzene rings is 1. The van der Waals surface area contributed by atoms with Gasteiger partial charge in [0.05, 0.1) is 14.1 Å². The Labute approximate surface area is 110 Å². The van der Waals surface area contributed by atoms with Crippen LogP contribution in [0.15, 0.2) is 24.3 Å². The lowest BCUT2D eigenvalue weighted by molar-refractivity contribution is -0.925. The molecule has 0 radical (unpaired) electrons. The van der Waals surface area contributed by atoms with Crippen LogP contribution in [0.4, 0.5) is 5.69 Å². The number of hydrogen-bond donors (Lipinski definition) is 2. The summed E-state index contributed by atoms with van der Waals surface area (Å²) in [6.07, 6.45) is 1.28. The van der Waals surface area contributed by atoms with Gasteiger partial charge < -0.3 is 27.9 Å². The summed E-state index contributed by atoms with van der Waals surface area (Å²) >= 11 is 0. The predicted octanol–water partition coefficient (Wildman–Crippen LogP) is -1.79. The van der Waals surface area contributed by atoms with Gasteiger partial charge in [0.15, 0.2) is 0 Å². The Hall–Kier alpha value is -0.770. The molecule has 1 aliphatic rings. The van der Waals surface area contributed by atoms with Gasteiger partial charge in [-0.2, -0.15) is 0 Å². The van der Waals surface area contributed by atoms with Gasteiger partial charge in [-0.3, -0.25) is 0 Å². The van der Waals surface area contributed by atoms with Gasteiger partial charge in [0.1, 0.15) is 12.6 Å². The van der Waals surface area contributed by atoms with Crippen molar-refractivity contribution < 1.29 is 16.9 Å². The van der Waals surface area contributed by atoms with Crippen LogP contribution in [-0.2, 0) is 6.54 Å². The predicted molar refractivity (Wildman–Crippen MR) is 67.9 cm³/mol. The first-order chi connectivity index (χ1) is 7.58. The molecule has 1 atom stereocenters. The lowest BCUT2D eigenvalue weighted by Crippen LogP contribution is -3.00. The SMILES string of the molecule is C[N+](C)(Cc1ccc(N)cc1)C1CCNC1.[Cl-]. The minimum Gasteiger partial charge on any atom is -1.00 e. The second kappa shape index (κ2) is 5.71. The monoisotopic (exact) mass is 255 g/mol. The van der Waals surface area contributed by atoms with Gasteiger partial charge in [0, 0.05) is 30.8 Å². The highest BCUT2D eigenvalue weighted by atomic mass is 35.5. The van der Waals surface area contributed by atoms with Gasteiger partial charge in [-0.05, 0) is 12.1 Å². The van der Waals surface area contributed by atoms with Crippen LogP contribution >= 0.6 is 0 Å².